The number of carbonyl (C=O) groups is 1. The van der Waals surface area contributed by atoms with Crippen LogP contribution in [0, 0.1) is 5.82 Å². The van der Waals surface area contributed by atoms with Crippen molar-refractivity contribution < 1.29 is 9.18 Å². The summed E-state index contributed by atoms with van der Waals surface area (Å²) in [6.07, 6.45) is 0. The first kappa shape index (κ1) is 20.3. The Morgan fingerprint density at radius 1 is 1.26 bits per heavy atom. The lowest BCUT2D eigenvalue weighted by Crippen LogP contribution is -2.21. The molecule has 1 aromatic carbocycles. The molecule has 0 spiro atoms. The molecule has 6 nitrogen and oxygen atoms in total. The van der Waals surface area contributed by atoms with Gasteiger partial charge in [0.25, 0.3) is 5.56 Å². The number of fused-ring (bicyclic) bond motifs is 2. The van der Waals surface area contributed by atoms with Gasteiger partial charge in [-0.25, -0.2) is 14.4 Å². The molecule has 4 heterocycles. The predicted molar refractivity (Wildman–Crippen MR) is 127 cm³/mol. The standard InChI is InChI=1S/C20H13FN4O2S4/c1-25-18(27)16-11(13-3-2-6-28-13)8-29-17(16)24-20(25)30-9-15(26)23-19-22-12-5-4-10(21)7-14(12)31-19/h2-8H,9H2,1H3,(H,22,23,26). The number of thioether (sulfide) groups is 1. The van der Waals surface area contributed by atoms with Crippen LogP contribution < -0.4 is 10.9 Å². The average Bonchev–Trinajstić information content (AvgIpc) is 3.48. The van der Waals surface area contributed by atoms with E-state index in [0.717, 1.165) is 10.4 Å². The molecule has 0 aliphatic heterocycles. The second-order valence-corrected chi connectivity index (χ2v) is 10.3. The van der Waals surface area contributed by atoms with Gasteiger partial charge in [-0.05, 0) is 29.6 Å². The highest BCUT2D eigenvalue weighted by Gasteiger charge is 2.17. The first-order valence-corrected chi connectivity index (χ1v) is 12.6. The number of nitrogens with zero attached hydrogens (tertiary/aromatic N) is 3. The third kappa shape index (κ3) is 3.89. The van der Waals surface area contributed by atoms with E-state index in [0.29, 0.717) is 30.7 Å². The van der Waals surface area contributed by atoms with Crippen LogP contribution in [0.25, 0.3) is 30.9 Å². The van der Waals surface area contributed by atoms with Crippen molar-refractivity contribution in [3.05, 3.63) is 57.3 Å². The minimum atomic E-state index is -0.345. The van der Waals surface area contributed by atoms with Gasteiger partial charge in [-0.1, -0.05) is 29.2 Å². The Morgan fingerprint density at radius 3 is 2.94 bits per heavy atom. The zero-order valence-electron chi connectivity index (χ0n) is 15.9. The Bertz CT molecular complexity index is 1490. The van der Waals surface area contributed by atoms with Crippen LogP contribution in [0.5, 0.6) is 0 Å². The number of rotatable bonds is 5. The fourth-order valence-corrected chi connectivity index (χ4v) is 6.51. The number of hydrogen-bond donors (Lipinski definition) is 1. The van der Waals surface area contributed by atoms with Crippen molar-refractivity contribution in [2.24, 2.45) is 7.05 Å². The topological polar surface area (TPSA) is 76.9 Å². The summed E-state index contributed by atoms with van der Waals surface area (Å²) >= 11 is 5.39. The van der Waals surface area contributed by atoms with E-state index >= 15 is 0 Å². The van der Waals surface area contributed by atoms with Gasteiger partial charge in [0, 0.05) is 22.9 Å². The van der Waals surface area contributed by atoms with Crippen LogP contribution in [-0.2, 0) is 11.8 Å². The normalized spacial score (nSPS) is 11.4. The summed E-state index contributed by atoms with van der Waals surface area (Å²) in [6.45, 7) is 0. The number of anilines is 1. The van der Waals surface area contributed by atoms with Crippen molar-refractivity contribution in [1.82, 2.24) is 14.5 Å². The van der Waals surface area contributed by atoms with E-state index in [1.54, 1.807) is 24.5 Å². The Kier molecular flexibility index (Phi) is 5.34. The summed E-state index contributed by atoms with van der Waals surface area (Å²) in [5.74, 6) is -0.550. The van der Waals surface area contributed by atoms with Gasteiger partial charge in [-0.3, -0.25) is 14.2 Å². The molecule has 1 N–H and O–H groups in total. The van der Waals surface area contributed by atoms with Gasteiger partial charge in [0.1, 0.15) is 10.6 Å². The molecule has 0 radical (unpaired) electrons. The fourth-order valence-electron chi connectivity index (χ4n) is 3.03. The highest BCUT2D eigenvalue weighted by molar-refractivity contribution is 7.99. The molecule has 0 bridgehead atoms. The van der Waals surface area contributed by atoms with Gasteiger partial charge in [-0.2, -0.15) is 0 Å². The number of carbonyl (C=O) groups excluding carboxylic acids is 1. The van der Waals surface area contributed by atoms with Gasteiger partial charge in [-0.15, -0.1) is 22.7 Å². The van der Waals surface area contributed by atoms with Crippen molar-refractivity contribution in [3.8, 4) is 10.4 Å². The molecule has 5 rings (SSSR count). The summed E-state index contributed by atoms with van der Waals surface area (Å²) in [5.41, 5.74) is 1.39. The van der Waals surface area contributed by atoms with Crippen LogP contribution in [0.2, 0.25) is 0 Å². The van der Waals surface area contributed by atoms with Crippen LogP contribution in [0.3, 0.4) is 0 Å². The van der Waals surface area contributed by atoms with E-state index in [9.17, 15) is 14.0 Å². The Labute approximate surface area is 191 Å². The van der Waals surface area contributed by atoms with E-state index in [1.807, 2.05) is 22.9 Å². The molecular weight excluding hydrogens is 476 g/mol. The van der Waals surface area contributed by atoms with Crippen LogP contribution >= 0.6 is 45.8 Å². The molecule has 5 aromatic rings. The molecule has 0 unspecified atom stereocenters. The second-order valence-electron chi connectivity index (χ2n) is 6.53. The summed E-state index contributed by atoms with van der Waals surface area (Å²) in [4.78, 5) is 35.9. The van der Waals surface area contributed by atoms with E-state index in [2.05, 4.69) is 15.3 Å². The summed E-state index contributed by atoms with van der Waals surface area (Å²) in [7, 11) is 1.66. The molecule has 1 amide bonds. The molecule has 0 atom stereocenters. The van der Waals surface area contributed by atoms with Gasteiger partial charge in [0.15, 0.2) is 10.3 Å². The molecule has 0 saturated heterocycles. The Morgan fingerprint density at radius 2 is 2.13 bits per heavy atom. The molecule has 0 saturated carbocycles. The van der Waals surface area contributed by atoms with Crippen LogP contribution in [0.4, 0.5) is 9.52 Å². The van der Waals surface area contributed by atoms with Crippen LogP contribution in [-0.4, -0.2) is 26.2 Å². The molecule has 31 heavy (non-hydrogen) atoms. The SMILES string of the molecule is Cn1c(SCC(=O)Nc2nc3ccc(F)cc3s2)nc2scc(-c3cccs3)c2c1=O. The van der Waals surface area contributed by atoms with Crippen molar-refractivity contribution >= 4 is 77.2 Å². The Hall–Kier alpha value is -2.60. The van der Waals surface area contributed by atoms with Crippen molar-refractivity contribution in [3.63, 3.8) is 0 Å². The quantitative estimate of drug-likeness (QED) is 0.272. The largest absolute Gasteiger partial charge is 0.301 e. The van der Waals surface area contributed by atoms with Crippen LogP contribution in [0.1, 0.15) is 0 Å². The monoisotopic (exact) mass is 488 g/mol. The first-order chi connectivity index (χ1) is 15.0. The van der Waals surface area contributed by atoms with Crippen molar-refractivity contribution in [1.29, 1.82) is 0 Å². The predicted octanol–water partition coefficient (Wildman–Crippen LogP) is 5.20. The Balaban J connectivity index is 1.35. The molecular formula is C20H13FN4O2S4. The van der Waals surface area contributed by atoms with Gasteiger partial charge < -0.3 is 5.32 Å². The molecule has 11 heteroatoms. The number of nitrogens with one attached hydrogen (secondary N) is 1. The lowest BCUT2D eigenvalue weighted by Gasteiger charge is -2.07. The van der Waals surface area contributed by atoms with E-state index in [4.69, 9.17) is 0 Å². The highest BCUT2D eigenvalue weighted by atomic mass is 32.2. The van der Waals surface area contributed by atoms with E-state index in [-0.39, 0.29) is 23.0 Å². The lowest BCUT2D eigenvalue weighted by atomic mass is 10.2. The zero-order chi connectivity index (χ0) is 21.5. The van der Waals surface area contributed by atoms with E-state index in [1.165, 1.54) is 51.1 Å². The van der Waals surface area contributed by atoms with Crippen molar-refractivity contribution in [2.75, 3.05) is 11.1 Å². The third-order valence-electron chi connectivity index (χ3n) is 4.49. The number of hydrogen-bond acceptors (Lipinski definition) is 8. The number of thiazole rings is 1. The molecule has 0 fully saturated rings. The molecule has 0 aliphatic carbocycles. The van der Waals surface area contributed by atoms with Gasteiger partial charge >= 0.3 is 0 Å². The summed E-state index contributed by atoms with van der Waals surface area (Å²) in [5, 5.41) is 8.13. The maximum absolute atomic E-state index is 13.3. The molecule has 0 aliphatic rings. The minimum absolute atomic E-state index is 0.0687. The summed E-state index contributed by atoms with van der Waals surface area (Å²) < 4.78 is 15.5. The number of benzene rings is 1. The first-order valence-electron chi connectivity index (χ1n) is 9.00. The van der Waals surface area contributed by atoms with Gasteiger partial charge in [0.05, 0.1) is 21.4 Å². The number of thiophene rings is 2. The number of amides is 1. The molecule has 4 aromatic heterocycles. The lowest BCUT2D eigenvalue weighted by molar-refractivity contribution is -0.113. The average molecular weight is 489 g/mol. The maximum atomic E-state index is 13.3. The fraction of sp³-hybridized carbons (Fsp3) is 0.100. The number of halogens is 1. The van der Waals surface area contributed by atoms with Gasteiger partial charge in [0.2, 0.25) is 5.91 Å². The summed E-state index contributed by atoms with van der Waals surface area (Å²) in [6, 6.07) is 8.23. The number of aromatic nitrogens is 3. The maximum Gasteiger partial charge on any atom is 0.263 e. The smallest absolute Gasteiger partial charge is 0.263 e. The highest BCUT2D eigenvalue weighted by Crippen LogP contribution is 2.34. The molecule has 156 valence electrons. The van der Waals surface area contributed by atoms with E-state index < -0.39 is 0 Å². The van der Waals surface area contributed by atoms with Crippen molar-refractivity contribution in [2.45, 2.75) is 5.16 Å². The third-order valence-corrected chi connectivity index (χ3v) is 8.23. The van der Waals surface area contributed by atoms with Crippen LogP contribution in [0.15, 0.2) is 51.0 Å². The second kappa shape index (κ2) is 8.15. The zero-order valence-corrected chi connectivity index (χ0v) is 19.2. The minimum Gasteiger partial charge on any atom is -0.301 e.